The summed E-state index contributed by atoms with van der Waals surface area (Å²) in [6.07, 6.45) is 0.442. The van der Waals surface area contributed by atoms with Crippen molar-refractivity contribution in [2.75, 3.05) is 0 Å². The van der Waals surface area contributed by atoms with Gasteiger partial charge in [-0.3, -0.25) is 0 Å². The first-order chi connectivity index (χ1) is 4.20. The number of nitrogens with zero attached hydrogens (tertiary/aromatic N) is 1. The van der Waals surface area contributed by atoms with E-state index in [4.69, 9.17) is 5.73 Å². The van der Waals surface area contributed by atoms with Crippen LogP contribution in [0.5, 0.6) is 0 Å². The first-order valence-corrected chi connectivity index (χ1v) is 3.00. The molecule has 0 aromatic rings. The van der Waals surface area contributed by atoms with Crippen LogP contribution < -0.4 is 5.73 Å². The first kappa shape index (κ1) is 6.61. The van der Waals surface area contributed by atoms with Gasteiger partial charge in [-0.05, 0) is 0 Å². The van der Waals surface area contributed by atoms with Crippen LogP contribution in [0.25, 0.3) is 0 Å². The van der Waals surface area contributed by atoms with E-state index in [-0.39, 0.29) is 6.42 Å². The van der Waals surface area contributed by atoms with Crippen LogP contribution in [0.2, 0.25) is 0 Å². The van der Waals surface area contributed by atoms with Gasteiger partial charge in [0, 0.05) is 17.5 Å². The van der Waals surface area contributed by atoms with Crippen molar-refractivity contribution in [2.45, 2.75) is 12.6 Å². The van der Waals surface area contributed by atoms with E-state index in [1.807, 2.05) is 0 Å². The summed E-state index contributed by atoms with van der Waals surface area (Å²) in [4.78, 5) is 4.11. The topological polar surface area (TPSA) is 38.4 Å². The van der Waals surface area contributed by atoms with E-state index in [0.717, 1.165) is 0 Å². The normalized spacial score (nSPS) is 27.1. The minimum atomic E-state index is -1.01. The fourth-order valence-electron chi connectivity index (χ4n) is 0.578. The van der Waals surface area contributed by atoms with E-state index in [2.05, 4.69) is 17.6 Å². The van der Waals surface area contributed by atoms with Gasteiger partial charge >= 0.3 is 0 Å². The van der Waals surface area contributed by atoms with Gasteiger partial charge in [-0.2, -0.15) is 0 Å². The number of allylic oxidation sites excluding steroid dienone is 1. The van der Waals surface area contributed by atoms with Gasteiger partial charge in [0.2, 0.25) is 0 Å². The van der Waals surface area contributed by atoms with Crippen molar-refractivity contribution in [3.05, 3.63) is 10.7 Å². The van der Waals surface area contributed by atoms with Gasteiger partial charge in [-0.15, -0.1) is 12.6 Å². The molecule has 4 heteroatoms. The summed E-state index contributed by atoms with van der Waals surface area (Å²) in [6, 6.07) is 0. The van der Waals surface area contributed by atoms with Crippen molar-refractivity contribution < 1.29 is 4.39 Å². The predicted octanol–water partition coefficient (Wildman–Crippen LogP) is 0.857. The van der Waals surface area contributed by atoms with Crippen LogP contribution >= 0.6 is 12.6 Å². The smallest absolute Gasteiger partial charge is 0.140 e. The number of hydrogen-bond acceptors (Lipinski definition) is 3. The Morgan fingerprint density at radius 2 is 2.56 bits per heavy atom. The lowest BCUT2D eigenvalue weighted by Gasteiger charge is -2.08. The molecule has 1 atom stereocenters. The molecule has 2 nitrogen and oxygen atoms in total. The van der Waals surface area contributed by atoms with Crippen LogP contribution in [0.1, 0.15) is 6.42 Å². The Hall–Kier alpha value is -0.510. The number of halogens is 1. The highest BCUT2D eigenvalue weighted by Crippen LogP contribution is 2.17. The molecule has 2 N–H and O–H groups in total. The molecule has 1 aliphatic rings. The molecule has 0 aliphatic carbocycles. The highest BCUT2D eigenvalue weighted by Gasteiger charge is 2.11. The maximum atomic E-state index is 12.3. The van der Waals surface area contributed by atoms with Gasteiger partial charge in [0.05, 0.1) is 0 Å². The number of aliphatic imine (C=N–C) groups is 1. The lowest BCUT2D eigenvalue weighted by molar-refractivity contribution is 0.428. The molecule has 0 saturated carbocycles. The minimum Gasteiger partial charge on any atom is -0.383 e. The SMILES string of the molecule is NC1=C(S)CC(F)C=N1. The summed E-state index contributed by atoms with van der Waals surface area (Å²) in [7, 11) is 0. The van der Waals surface area contributed by atoms with Crippen molar-refractivity contribution in [1.29, 1.82) is 0 Å². The maximum absolute atomic E-state index is 12.3. The zero-order valence-corrected chi connectivity index (χ0v) is 5.61. The fraction of sp³-hybridized carbons (Fsp3) is 0.400. The number of alkyl halides is 1. The van der Waals surface area contributed by atoms with Gasteiger partial charge in [-0.1, -0.05) is 0 Å². The van der Waals surface area contributed by atoms with Gasteiger partial charge in [0.15, 0.2) is 0 Å². The van der Waals surface area contributed by atoms with E-state index in [9.17, 15) is 4.39 Å². The molecule has 0 fully saturated rings. The quantitative estimate of drug-likeness (QED) is 0.489. The molecule has 1 heterocycles. The van der Waals surface area contributed by atoms with E-state index in [1.165, 1.54) is 6.21 Å². The minimum absolute atomic E-state index is 0.262. The summed E-state index contributed by atoms with van der Waals surface area (Å²) < 4.78 is 12.3. The van der Waals surface area contributed by atoms with Gasteiger partial charge in [0.25, 0.3) is 0 Å². The molecule has 0 spiro atoms. The van der Waals surface area contributed by atoms with Crippen LogP contribution in [-0.4, -0.2) is 12.4 Å². The highest BCUT2D eigenvalue weighted by molar-refractivity contribution is 7.84. The molecule has 1 unspecified atom stereocenters. The van der Waals surface area contributed by atoms with E-state index < -0.39 is 6.17 Å². The zero-order chi connectivity index (χ0) is 6.85. The Morgan fingerprint density at radius 1 is 1.89 bits per heavy atom. The Morgan fingerprint density at radius 3 is 3.00 bits per heavy atom. The van der Waals surface area contributed by atoms with Crippen molar-refractivity contribution in [3.63, 3.8) is 0 Å². The molecule has 0 radical (unpaired) electrons. The summed E-state index contributed by atoms with van der Waals surface area (Å²) >= 11 is 3.92. The number of thiol groups is 1. The molecular formula is C5H7FN2S. The summed E-state index contributed by atoms with van der Waals surface area (Å²) in [5.41, 5.74) is 5.28. The molecule has 0 amide bonds. The highest BCUT2D eigenvalue weighted by atomic mass is 32.1. The molecule has 1 aliphatic heterocycles. The second kappa shape index (κ2) is 2.39. The molecule has 0 aromatic heterocycles. The van der Waals surface area contributed by atoms with Crippen LogP contribution in [0.4, 0.5) is 4.39 Å². The van der Waals surface area contributed by atoms with E-state index >= 15 is 0 Å². The Balaban J connectivity index is 2.75. The number of hydrogen-bond donors (Lipinski definition) is 2. The van der Waals surface area contributed by atoms with Crippen molar-refractivity contribution in [2.24, 2.45) is 10.7 Å². The lowest BCUT2D eigenvalue weighted by atomic mass is 10.2. The maximum Gasteiger partial charge on any atom is 0.140 e. The molecular weight excluding hydrogens is 139 g/mol. The van der Waals surface area contributed by atoms with E-state index in [1.54, 1.807) is 0 Å². The number of rotatable bonds is 0. The second-order valence-corrected chi connectivity index (χ2v) is 2.37. The summed E-state index contributed by atoms with van der Waals surface area (Å²) in [5.74, 6) is 0.326. The second-order valence-electron chi connectivity index (χ2n) is 1.83. The molecule has 1 rings (SSSR count). The Labute approximate surface area is 58.1 Å². The monoisotopic (exact) mass is 146 g/mol. The fourth-order valence-corrected chi connectivity index (χ4v) is 0.810. The average molecular weight is 146 g/mol. The largest absolute Gasteiger partial charge is 0.383 e. The van der Waals surface area contributed by atoms with Crippen molar-refractivity contribution >= 4 is 18.8 Å². The Kier molecular flexibility index (Phi) is 1.75. The van der Waals surface area contributed by atoms with Crippen molar-refractivity contribution in [1.82, 2.24) is 0 Å². The molecule has 50 valence electrons. The molecule has 0 saturated heterocycles. The summed E-state index contributed by atoms with van der Waals surface area (Å²) in [6.45, 7) is 0. The molecule has 0 bridgehead atoms. The van der Waals surface area contributed by atoms with Gasteiger partial charge in [-0.25, -0.2) is 9.38 Å². The van der Waals surface area contributed by atoms with Crippen LogP contribution in [0.15, 0.2) is 15.7 Å². The first-order valence-electron chi connectivity index (χ1n) is 2.56. The van der Waals surface area contributed by atoms with Crippen molar-refractivity contribution in [3.8, 4) is 0 Å². The zero-order valence-electron chi connectivity index (χ0n) is 4.71. The third-order valence-electron chi connectivity index (χ3n) is 1.06. The Bertz CT molecular complexity index is 176. The summed E-state index contributed by atoms with van der Waals surface area (Å²) in [5, 5.41) is 0. The third kappa shape index (κ3) is 1.45. The van der Waals surface area contributed by atoms with Crippen LogP contribution in [-0.2, 0) is 0 Å². The van der Waals surface area contributed by atoms with Gasteiger partial charge in [0.1, 0.15) is 12.0 Å². The van der Waals surface area contributed by atoms with Crippen LogP contribution in [0.3, 0.4) is 0 Å². The van der Waals surface area contributed by atoms with Crippen LogP contribution in [0, 0.1) is 0 Å². The number of nitrogens with two attached hydrogens (primary N) is 1. The standard InChI is InChI=1S/C5H7FN2S/c6-3-1-4(9)5(7)8-2-3/h2-3,9H,1,7H2. The molecule has 9 heavy (non-hydrogen) atoms. The third-order valence-corrected chi connectivity index (χ3v) is 1.47. The lowest BCUT2D eigenvalue weighted by Crippen LogP contribution is -2.11. The predicted molar refractivity (Wildman–Crippen MR) is 38.2 cm³/mol. The van der Waals surface area contributed by atoms with E-state index in [0.29, 0.717) is 10.7 Å². The van der Waals surface area contributed by atoms with Gasteiger partial charge < -0.3 is 5.73 Å². The molecule has 0 aromatic carbocycles. The average Bonchev–Trinajstić information content (AvgIpc) is 1.80.